The van der Waals surface area contributed by atoms with Crippen LogP contribution in [0.4, 0.5) is 0 Å². The molecule has 4 unspecified atom stereocenters. The van der Waals surface area contributed by atoms with E-state index in [2.05, 4.69) is 22.6 Å². The lowest BCUT2D eigenvalue weighted by molar-refractivity contribution is -0.150. The number of ether oxygens (including phenoxy) is 1. The van der Waals surface area contributed by atoms with Crippen molar-refractivity contribution in [1.29, 1.82) is 0 Å². The van der Waals surface area contributed by atoms with Crippen molar-refractivity contribution in [1.82, 2.24) is 0 Å². The van der Waals surface area contributed by atoms with Crippen LogP contribution in [0.2, 0.25) is 0 Å². The Morgan fingerprint density at radius 2 is 2.29 bits per heavy atom. The second-order valence-electron chi connectivity index (χ2n) is 4.53. The van der Waals surface area contributed by atoms with Gasteiger partial charge in [-0.1, -0.05) is 29.5 Å². The van der Waals surface area contributed by atoms with Crippen molar-refractivity contribution < 1.29 is 9.53 Å². The van der Waals surface area contributed by atoms with Crippen LogP contribution in [0.15, 0.2) is 0 Å². The molecule has 4 atom stereocenters. The number of halogens is 1. The van der Waals surface area contributed by atoms with E-state index in [0.29, 0.717) is 5.92 Å². The molecule has 2 rings (SSSR count). The van der Waals surface area contributed by atoms with Crippen molar-refractivity contribution in [3.63, 3.8) is 0 Å². The van der Waals surface area contributed by atoms with Gasteiger partial charge in [-0.2, -0.15) is 0 Å². The number of rotatable bonds is 3. The number of hydrogen-bond donors (Lipinski definition) is 0. The molecule has 0 aliphatic heterocycles. The summed E-state index contributed by atoms with van der Waals surface area (Å²) in [5.74, 6) is 1.54. The SMILES string of the molecule is CCC(I)C(=O)OC1CC2CCC1C2. The molecule has 80 valence electrons. The first-order chi connectivity index (χ1) is 6.70. The number of carbonyl (C=O) groups is 1. The van der Waals surface area contributed by atoms with E-state index in [1.807, 2.05) is 6.92 Å². The standard InChI is InChI=1S/C11H17IO2/c1-2-9(12)11(13)14-10-6-7-3-4-8(10)5-7/h7-10H,2-6H2,1H3. The van der Waals surface area contributed by atoms with Gasteiger partial charge in [-0.3, -0.25) is 4.79 Å². The quantitative estimate of drug-likeness (QED) is 0.455. The number of hydrogen-bond acceptors (Lipinski definition) is 2. The molecule has 14 heavy (non-hydrogen) atoms. The highest BCUT2D eigenvalue weighted by Crippen LogP contribution is 2.46. The number of fused-ring (bicyclic) bond motifs is 2. The minimum absolute atomic E-state index is 0.00523. The smallest absolute Gasteiger partial charge is 0.319 e. The van der Waals surface area contributed by atoms with E-state index in [0.717, 1.165) is 18.8 Å². The average molecular weight is 308 g/mol. The summed E-state index contributed by atoms with van der Waals surface area (Å²) in [5.41, 5.74) is 0. The largest absolute Gasteiger partial charge is 0.461 e. The van der Waals surface area contributed by atoms with Crippen LogP contribution in [0.1, 0.15) is 39.0 Å². The Balaban J connectivity index is 1.84. The highest BCUT2D eigenvalue weighted by Gasteiger charge is 2.42. The van der Waals surface area contributed by atoms with Gasteiger partial charge in [-0.25, -0.2) is 0 Å². The van der Waals surface area contributed by atoms with Crippen LogP contribution in [0.3, 0.4) is 0 Å². The molecule has 2 aliphatic carbocycles. The van der Waals surface area contributed by atoms with E-state index < -0.39 is 0 Å². The van der Waals surface area contributed by atoms with Crippen molar-refractivity contribution in [2.45, 2.75) is 49.1 Å². The summed E-state index contributed by atoms with van der Waals surface area (Å²) >= 11 is 2.17. The lowest BCUT2D eigenvalue weighted by Gasteiger charge is -2.22. The molecular weight excluding hydrogens is 291 g/mol. The molecule has 0 aromatic rings. The fourth-order valence-corrected chi connectivity index (χ4v) is 2.87. The Morgan fingerprint density at radius 3 is 2.79 bits per heavy atom. The van der Waals surface area contributed by atoms with E-state index in [1.165, 1.54) is 19.3 Å². The fourth-order valence-electron chi connectivity index (χ4n) is 2.72. The third-order valence-electron chi connectivity index (χ3n) is 3.55. The Kier molecular flexibility index (Phi) is 3.34. The van der Waals surface area contributed by atoms with Crippen molar-refractivity contribution in [3.05, 3.63) is 0 Å². The minimum Gasteiger partial charge on any atom is -0.461 e. The third-order valence-corrected chi connectivity index (χ3v) is 4.94. The highest BCUT2D eigenvalue weighted by molar-refractivity contribution is 14.1. The third kappa shape index (κ3) is 2.07. The van der Waals surface area contributed by atoms with Gasteiger partial charge in [0.25, 0.3) is 0 Å². The van der Waals surface area contributed by atoms with Gasteiger partial charge in [0.15, 0.2) is 0 Å². The average Bonchev–Trinajstić information content (AvgIpc) is 2.77. The molecule has 0 heterocycles. The van der Waals surface area contributed by atoms with Crippen molar-refractivity contribution in [3.8, 4) is 0 Å². The lowest BCUT2D eigenvalue weighted by atomic mass is 9.98. The molecule has 0 amide bonds. The van der Waals surface area contributed by atoms with Crippen molar-refractivity contribution in [2.24, 2.45) is 11.8 Å². The molecule has 0 radical (unpaired) electrons. The summed E-state index contributed by atoms with van der Waals surface area (Å²) in [4.78, 5) is 11.6. The number of alkyl halides is 1. The van der Waals surface area contributed by atoms with Gasteiger partial charge in [0.05, 0.1) is 0 Å². The van der Waals surface area contributed by atoms with E-state index in [-0.39, 0.29) is 16.0 Å². The van der Waals surface area contributed by atoms with Crippen LogP contribution in [0.5, 0.6) is 0 Å². The van der Waals surface area contributed by atoms with Crippen LogP contribution in [0, 0.1) is 11.8 Å². The molecule has 0 saturated heterocycles. The molecule has 2 aliphatic rings. The first kappa shape index (κ1) is 10.7. The molecule has 0 aromatic heterocycles. The van der Waals surface area contributed by atoms with Gasteiger partial charge >= 0.3 is 5.97 Å². The first-order valence-corrected chi connectivity index (χ1v) is 6.79. The molecule has 2 fully saturated rings. The molecule has 2 nitrogen and oxygen atoms in total. The second-order valence-corrected chi connectivity index (χ2v) is 6.03. The maximum Gasteiger partial charge on any atom is 0.319 e. The number of esters is 1. The van der Waals surface area contributed by atoms with Gasteiger partial charge < -0.3 is 4.74 Å². The number of carbonyl (C=O) groups excluding carboxylic acids is 1. The summed E-state index contributed by atoms with van der Waals surface area (Å²) in [7, 11) is 0. The zero-order chi connectivity index (χ0) is 10.1. The van der Waals surface area contributed by atoms with Crippen molar-refractivity contribution in [2.75, 3.05) is 0 Å². The summed E-state index contributed by atoms with van der Waals surface area (Å²) in [6, 6.07) is 0. The summed E-state index contributed by atoms with van der Waals surface area (Å²) in [6.45, 7) is 2.03. The van der Waals surface area contributed by atoms with Crippen molar-refractivity contribution >= 4 is 28.6 Å². The van der Waals surface area contributed by atoms with E-state index >= 15 is 0 Å². The minimum atomic E-state index is 0.00523. The molecule has 2 saturated carbocycles. The normalized spacial score (nSPS) is 37.1. The van der Waals surface area contributed by atoms with Crippen LogP contribution in [-0.4, -0.2) is 16.0 Å². The van der Waals surface area contributed by atoms with Crippen LogP contribution < -0.4 is 0 Å². The highest BCUT2D eigenvalue weighted by atomic mass is 127. The van der Waals surface area contributed by atoms with Gasteiger partial charge in [0.1, 0.15) is 10.0 Å². The molecule has 0 spiro atoms. The summed E-state index contributed by atoms with van der Waals surface area (Å²) in [5, 5.41) is 0. The second kappa shape index (κ2) is 4.37. The Hall–Kier alpha value is 0.200. The zero-order valence-electron chi connectivity index (χ0n) is 8.54. The lowest BCUT2D eigenvalue weighted by Crippen LogP contribution is -2.28. The molecule has 0 N–H and O–H groups in total. The molecule has 2 bridgehead atoms. The van der Waals surface area contributed by atoms with Crippen LogP contribution in [0.25, 0.3) is 0 Å². The van der Waals surface area contributed by atoms with Crippen LogP contribution >= 0.6 is 22.6 Å². The van der Waals surface area contributed by atoms with Gasteiger partial charge in [-0.15, -0.1) is 0 Å². The van der Waals surface area contributed by atoms with Crippen LogP contribution in [-0.2, 0) is 9.53 Å². The first-order valence-electron chi connectivity index (χ1n) is 5.55. The monoisotopic (exact) mass is 308 g/mol. The Morgan fingerprint density at radius 1 is 1.50 bits per heavy atom. The Bertz CT molecular complexity index is 229. The summed E-state index contributed by atoms with van der Waals surface area (Å²) in [6.07, 6.45) is 6.20. The predicted octanol–water partition coefficient (Wildman–Crippen LogP) is 2.93. The zero-order valence-corrected chi connectivity index (χ0v) is 10.7. The molecule has 0 aromatic carbocycles. The van der Waals surface area contributed by atoms with Gasteiger partial charge in [-0.05, 0) is 43.9 Å². The predicted molar refractivity (Wildman–Crippen MR) is 63.4 cm³/mol. The molecular formula is C11H17IO2. The molecule has 3 heteroatoms. The maximum absolute atomic E-state index is 11.6. The Labute approximate surface area is 98.9 Å². The summed E-state index contributed by atoms with van der Waals surface area (Å²) < 4.78 is 5.60. The van der Waals surface area contributed by atoms with Gasteiger partial charge in [0, 0.05) is 0 Å². The van der Waals surface area contributed by atoms with E-state index in [9.17, 15) is 4.79 Å². The van der Waals surface area contributed by atoms with E-state index in [4.69, 9.17) is 4.74 Å². The van der Waals surface area contributed by atoms with Gasteiger partial charge in [0.2, 0.25) is 0 Å². The fraction of sp³-hybridized carbons (Fsp3) is 0.909. The maximum atomic E-state index is 11.6. The van der Waals surface area contributed by atoms with E-state index in [1.54, 1.807) is 0 Å². The topological polar surface area (TPSA) is 26.3 Å².